The van der Waals surface area contributed by atoms with Gasteiger partial charge in [-0.1, -0.05) is 34.5 Å². The number of nitrogens with one attached hydrogen (secondary N) is 1. The van der Waals surface area contributed by atoms with Crippen molar-refractivity contribution >= 4 is 51.8 Å². The molecule has 1 amide bonds. The van der Waals surface area contributed by atoms with Gasteiger partial charge in [0.05, 0.1) is 6.54 Å². The summed E-state index contributed by atoms with van der Waals surface area (Å²) in [6.45, 7) is 8.66. The number of hydrogen-bond acceptors (Lipinski definition) is 2. The van der Waals surface area contributed by atoms with Gasteiger partial charge in [0.15, 0.2) is 5.96 Å². The van der Waals surface area contributed by atoms with Crippen molar-refractivity contribution < 1.29 is 4.79 Å². The van der Waals surface area contributed by atoms with Crippen LogP contribution in [0.2, 0.25) is 0 Å². The Hall–Kier alpha value is -0.830. The predicted molar refractivity (Wildman–Crippen MR) is 125 cm³/mol. The van der Waals surface area contributed by atoms with Gasteiger partial charge in [-0.3, -0.25) is 9.79 Å². The maximum Gasteiger partial charge on any atom is 0.219 e. The molecule has 1 saturated carbocycles. The summed E-state index contributed by atoms with van der Waals surface area (Å²) < 4.78 is 1.14. The molecule has 1 aliphatic carbocycles. The highest BCUT2D eigenvalue weighted by atomic mass is 127. The van der Waals surface area contributed by atoms with Crippen LogP contribution in [-0.4, -0.2) is 60.9 Å². The van der Waals surface area contributed by atoms with Crippen molar-refractivity contribution in [3.05, 3.63) is 34.3 Å². The third-order valence-electron chi connectivity index (χ3n) is 5.64. The average Bonchev–Trinajstić information content (AvgIpc) is 2.60. The van der Waals surface area contributed by atoms with Crippen LogP contribution in [0.15, 0.2) is 33.7 Å². The fourth-order valence-corrected chi connectivity index (χ4v) is 4.24. The van der Waals surface area contributed by atoms with E-state index >= 15 is 0 Å². The predicted octanol–water partition coefficient (Wildman–Crippen LogP) is 3.62. The average molecular weight is 549 g/mol. The van der Waals surface area contributed by atoms with Crippen molar-refractivity contribution in [1.82, 2.24) is 15.1 Å². The molecule has 1 N–H and O–H groups in total. The Morgan fingerprint density at radius 2 is 1.89 bits per heavy atom. The van der Waals surface area contributed by atoms with E-state index in [1.165, 1.54) is 24.8 Å². The van der Waals surface area contributed by atoms with Gasteiger partial charge in [-0.2, -0.15) is 0 Å². The van der Waals surface area contributed by atoms with Crippen molar-refractivity contribution in [1.29, 1.82) is 0 Å². The van der Waals surface area contributed by atoms with Gasteiger partial charge >= 0.3 is 0 Å². The van der Waals surface area contributed by atoms with E-state index in [4.69, 9.17) is 4.99 Å². The molecule has 0 bridgehead atoms. The molecule has 0 unspecified atom stereocenters. The Balaban J connectivity index is 0.00000261. The lowest BCUT2D eigenvalue weighted by Gasteiger charge is -2.42. The summed E-state index contributed by atoms with van der Waals surface area (Å²) in [5, 5.41) is 3.44. The van der Waals surface area contributed by atoms with Crippen LogP contribution in [0, 0.1) is 0 Å². The minimum absolute atomic E-state index is 0. The first kappa shape index (κ1) is 22.5. The van der Waals surface area contributed by atoms with Gasteiger partial charge in [-0.15, -0.1) is 24.0 Å². The summed E-state index contributed by atoms with van der Waals surface area (Å²) in [6.07, 6.45) is 3.67. The van der Waals surface area contributed by atoms with E-state index in [0.717, 1.165) is 49.7 Å². The number of piperazine rings is 1. The van der Waals surface area contributed by atoms with E-state index in [0.29, 0.717) is 0 Å². The minimum atomic E-state index is 0. The molecule has 0 spiro atoms. The highest BCUT2D eigenvalue weighted by Crippen LogP contribution is 2.44. The summed E-state index contributed by atoms with van der Waals surface area (Å²) in [5.41, 5.74) is 1.56. The van der Waals surface area contributed by atoms with Crippen LogP contribution in [0.3, 0.4) is 0 Å². The van der Waals surface area contributed by atoms with Crippen LogP contribution in [0.1, 0.15) is 38.7 Å². The second-order valence-corrected chi connectivity index (χ2v) is 8.22. The fourth-order valence-electron chi connectivity index (χ4n) is 3.85. The van der Waals surface area contributed by atoms with Crippen LogP contribution in [0.5, 0.6) is 0 Å². The molecule has 1 saturated heterocycles. The Kier molecular flexibility index (Phi) is 8.39. The Bertz CT molecular complexity index is 670. The molecule has 1 aliphatic heterocycles. The zero-order valence-electron chi connectivity index (χ0n) is 16.2. The monoisotopic (exact) mass is 548 g/mol. The molecule has 0 radical (unpaired) electrons. The number of rotatable bonds is 4. The molecule has 2 aliphatic rings. The molecule has 0 aromatic heterocycles. The molecule has 0 atom stereocenters. The maximum atomic E-state index is 11.5. The quantitative estimate of drug-likeness (QED) is 0.355. The Labute approximate surface area is 188 Å². The first-order valence-corrected chi connectivity index (χ1v) is 10.4. The molecule has 1 heterocycles. The zero-order valence-corrected chi connectivity index (χ0v) is 20.1. The molecular weight excluding hydrogens is 519 g/mol. The van der Waals surface area contributed by atoms with Gasteiger partial charge in [0.1, 0.15) is 0 Å². The first-order chi connectivity index (χ1) is 12.5. The van der Waals surface area contributed by atoms with E-state index in [1.807, 2.05) is 4.90 Å². The lowest BCUT2D eigenvalue weighted by molar-refractivity contribution is -0.130. The first-order valence-electron chi connectivity index (χ1n) is 9.59. The number of hydrogen-bond donors (Lipinski definition) is 1. The molecule has 150 valence electrons. The van der Waals surface area contributed by atoms with Crippen LogP contribution in [0.4, 0.5) is 0 Å². The Morgan fingerprint density at radius 1 is 1.22 bits per heavy atom. The van der Waals surface area contributed by atoms with Crippen LogP contribution in [-0.2, 0) is 10.2 Å². The Morgan fingerprint density at radius 3 is 2.41 bits per heavy atom. The van der Waals surface area contributed by atoms with Gasteiger partial charge in [0, 0.05) is 49.5 Å². The SMILES string of the molecule is CCNC(=NCC1(c2cccc(Br)c2)CCC1)N1CCN(C(C)=O)CC1.I. The van der Waals surface area contributed by atoms with Crippen molar-refractivity contribution in [2.24, 2.45) is 4.99 Å². The van der Waals surface area contributed by atoms with Crippen LogP contribution < -0.4 is 5.32 Å². The van der Waals surface area contributed by atoms with Crippen LogP contribution >= 0.6 is 39.9 Å². The fraction of sp³-hybridized carbons (Fsp3) is 0.600. The number of carbonyl (C=O) groups excluding carboxylic acids is 1. The molecule has 1 aromatic carbocycles. The van der Waals surface area contributed by atoms with E-state index < -0.39 is 0 Å². The van der Waals surface area contributed by atoms with E-state index in [1.54, 1.807) is 6.92 Å². The number of halogens is 2. The number of nitrogens with zero attached hydrogens (tertiary/aromatic N) is 3. The van der Waals surface area contributed by atoms with Gasteiger partial charge in [-0.05, 0) is 37.5 Å². The number of guanidine groups is 1. The van der Waals surface area contributed by atoms with Gasteiger partial charge in [0.2, 0.25) is 5.91 Å². The van der Waals surface area contributed by atoms with Gasteiger partial charge in [-0.25, -0.2) is 0 Å². The number of carbonyl (C=O) groups is 1. The summed E-state index contributed by atoms with van der Waals surface area (Å²) in [7, 11) is 0. The lowest BCUT2D eigenvalue weighted by Crippen LogP contribution is -2.53. The molecule has 7 heteroatoms. The number of benzene rings is 1. The highest BCUT2D eigenvalue weighted by Gasteiger charge is 2.39. The standard InChI is InChI=1S/C20H29BrN4O.HI/c1-3-22-19(25-12-10-24(11-13-25)16(2)26)23-15-20(8-5-9-20)17-6-4-7-18(21)14-17;/h4,6-7,14H,3,5,8-13,15H2,1-2H3,(H,22,23);1H. The normalized spacial score (nSPS) is 19.1. The summed E-state index contributed by atoms with van der Waals surface area (Å²) in [6, 6.07) is 8.68. The van der Waals surface area contributed by atoms with Crippen molar-refractivity contribution in [3.63, 3.8) is 0 Å². The minimum Gasteiger partial charge on any atom is -0.357 e. The maximum absolute atomic E-state index is 11.5. The molecule has 27 heavy (non-hydrogen) atoms. The van der Waals surface area contributed by atoms with Gasteiger partial charge in [0.25, 0.3) is 0 Å². The summed E-state index contributed by atoms with van der Waals surface area (Å²) >= 11 is 3.60. The van der Waals surface area contributed by atoms with E-state index in [9.17, 15) is 4.79 Å². The van der Waals surface area contributed by atoms with Gasteiger partial charge < -0.3 is 15.1 Å². The van der Waals surface area contributed by atoms with E-state index in [2.05, 4.69) is 57.3 Å². The third kappa shape index (κ3) is 5.37. The third-order valence-corrected chi connectivity index (χ3v) is 6.13. The van der Waals surface area contributed by atoms with E-state index in [-0.39, 0.29) is 35.3 Å². The zero-order chi connectivity index (χ0) is 18.6. The second-order valence-electron chi connectivity index (χ2n) is 7.31. The molecular formula is C20H30BrIN4O. The van der Waals surface area contributed by atoms with Crippen molar-refractivity contribution in [3.8, 4) is 0 Å². The number of aliphatic imine (C=N–C) groups is 1. The summed E-state index contributed by atoms with van der Waals surface area (Å²) in [4.78, 5) is 20.8. The molecule has 3 rings (SSSR count). The van der Waals surface area contributed by atoms with Crippen LogP contribution in [0.25, 0.3) is 0 Å². The smallest absolute Gasteiger partial charge is 0.219 e. The topological polar surface area (TPSA) is 47.9 Å². The summed E-state index contributed by atoms with van der Waals surface area (Å²) in [5.74, 6) is 1.15. The van der Waals surface area contributed by atoms with Crippen molar-refractivity contribution in [2.75, 3.05) is 39.3 Å². The molecule has 5 nitrogen and oxygen atoms in total. The molecule has 1 aromatic rings. The van der Waals surface area contributed by atoms with Crippen molar-refractivity contribution in [2.45, 2.75) is 38.5 Å². The second kappa shape index (κ2) is 10.1. The lowest BCUT2D eigenvalue weighted by atomic mass is 9.64. The number of amides is 1. The largest absolute Gasteiger partial charge is 0.357 e. The highest BCUT2D eigenvalue weighted by molar-refractivity contribution is 14.0. The molecule has 2 fully saturated rings.